The lowest BCUT2D eigenvalue weighted by molar-refractivity contribution is 0.173. The van der Waals surface area contributed by atoms with Crippen LogP contribution in [-0.2, 0) is 0 Å². The summed E-state index contributed by atoms with van der Waals surface area (Å²) in [6.45, 7) is 3.76. The monoisotopic (exact) mass is 348 g/mol. The predicted octanol–water partition coefficient (Wildman–Crippen LogP) is 2.96. The molecule has 7 heteroatoms. The van der Waals surface area contributed by atoms with Gasteiger partial charge < -0.3 is 14.6 Å². The minimum Gasteiger partial charge on any atom is -0.490 e. The van der Waals surface area contributed by atoms with Gasteiger partial charge in [-0.3, -0.25) is 0 Å². The molecular formula is C19H20N6O. The third kappa shape index (κ3) is 2.56. The van der Waals surface area contributed by atoms with Gasteiger partial charge in [0.15, 0.2) is 11.5 Å². The fraction of sp³-hybridized carbons (Fsp3) is 0.316. The van der Waals surface area contributed by atoms with E-state index in [-0.39, 0.29) is 6.10 Å². The average Bonchev–Trinajstić information content (AvgIpc) is 3.30. The molecule has 4 heterocycles. The van der Waals surface area contributed by atoms with Crippen LogP contribution in [0.2, 0.25) is 0 Å². The van der Waals surface area contributed by atoms with Crippen LogP contribution >= 0.6 is 0 Å². The van der Waals surface area contributed by atoms with Crippen LogP contribution in [-0.4, -0.2) is 44.0 Å². The highest BCUT2D eigenvalue weighted by Gasteiger charge is 2.22. The van der Waals surface area contributed by atoms with Crippen LogP contribution in [0.15, 0.2) is 42.6 Å². The molecule has 1 aromatic carbocycles. The van der Waals surface area contributed by atoms with E-state index in [9.17, 15) is 0 Å². The van der Waals surface area contributed by atoms with E-state index in [2.05, 4.69) is 37.3 Å². The van der Waals surface area contributed by atoms with Gasteiger partial charge >= 0.3 is 0 Å². The lowest BCUT2D eigenvalue weighted by Gasteiger charge is -2.33. The molecule has 0 saturated carbocycles. The Bertz CT molecular complexity index is 1060. The highest BCUT2D eigenvalue weighted by molar-refractivity contribution is 5.85. The number of anilines is 1. The molecule has 0 amide bonds. The maximum absolute atomic E-state index is 6.30. The van der Waals surface area contributed by atoms with E-state index in [0.29, 0.717) is 0 Å². The molecule has 1 fully saturated rings. The summed E-state index contributed by atoms with van der Waals surface area (Å²) in [6, 6.07) is 12.2. The molecule has 0 spiro atoms. The van der Waals surface area contributed by atoms with E-state index in [1.165, 1.54) is 0 Å². The Morgan fingerprint density at radius 3 is 2.85 bits per heavy atom. The fourth-order valence-electron chi connectivity index (χ4n) is 3.60. The number of fused-ring (bicyclic) bond motifs is 2. The molecule has 3 aromatic heterocycles. The highest BCUT2D eigenvalue weighted by Crippen LogP contribution is 2.28. The summed E-state index contributed by atoms with van der Waals surface area (Å²) in [7, 11) is 0. The zero-order valence-corrected chi connectivity index (χ0v) is 14.6. The Kier molecular flexibility index (Phi) is 3.51. The standard InChI is InChI=1S/C19H20N6O/c1-13-21-22-18-5-6-19(23-25(13)18)24-11-8-14(9-12-24)26-17-4-2-3-16-15(17)7-10-20-16/h2-7,10,14,20H,8-9,11-12H2,1H3. The van der Waals surface area contributed by atoms with E-state index >= 15 is 0 Å². The van der Waals surface area contributed by atoms with Gasteiger partial charge in [0.1, 0.15) is 17.7 Å². The molecular weight excluding hydrogens is 328 g/mol. The van der Waals surface area contributed by atoms with Crippen molar-refractivity contribution in [3.05, 3.63) is 48.4 Å². The van der Waals surface area contributed by atoms with Gasteiger partial charge in [0.25, 0.3) is 0 Å². The second kappa shape index (κ2) is 6.01. The van der Waals surface area contributed by atoms with E-state index in [1.807, 2.05) is 37.4 Å². The first-order valence-electron chi connectivity index (χ1n) is 8.95. The first-order valence-corrected chi connectivity index (χ1v) is 8.95. The quantitative estimate of drug-likeness (QED) is 0.616. The van der Waals surface area contributed by atoms with Crippen molar-refractivity contribution in [2.45, 2.75) is 25.9 Å². The molecule has 26 heavy (non-hydrogen) atoms. The Morgan fingerprint density at radius 2 is 1.96 bits per heavy atom. The van der Waals surface area contributed by atoms with Crippen molar-refractivity contribution in [2.24, 2.45) is 0 Å². The van der Waals surface area contributed by atoms with Crippen LogP contribution in [0.3, 0.4) is 0 Å². The van der Waals surface area contributed by atoms with Gasteiger partial charge in [-0.15, -0.1) is 15.3 Å². The Balaban J connectivity index is 1.29. The average molecular weight is 348 g/mol. The molecule has 1 aliphatic rings. The molecule has 1 aliphatic heterocycles. The topological polar surface area (TPSA) is 71.3 Å². The lowest BCUT2D eigenvalue weighted by Crippen LogP contribution is -2.38. The number of hydrogen-bond donors (Lipinski definition) is 1. The largest absolute Gasteiger partial charge is 0.490 e. The van der Waals surface area contributed by atoms with Crippen molar-refractivity contribution in [3.63, 3.8) is 0 Å². The Hall–Kier alpha value is -3.09. The summed E-state index contributed by atoms with van der Waals surface area (Å²) in [5.74, 6) is 2.73. The van der Waals surface area contributed by atoms with Crippen LogP contribution in [0.4, 0.5) is 5.82 Å². The molecule has 0 aliphatic carbocycles. The number of piperidine rings is 1. The van der Waals surface area contributed by atoms with Gasteiger partial charge in [-0.25, -0.2) is 0 Å². The lowest BCUT2D eigenvalue weighted by atomic mass is 10.1. The van der Waals surface area contributed by atoms with Crippen molar-refractivity contribution >= 4 is 22.4 Å². The second-order valence-electron chi connectivity index (χ2n) is 6.71. The second-order valence-corrected chi connectivity index (χ2v) is 6.71. The summed E-state index contributed by atoms with van der Waals surface area (Å²) in [5, 5.41) is 14.0. The van der Waals surface area contributed by atoms with Gasteiger partial charge in [-0.1, -0.05) is 6.07 Å². The van der Waals surface area contributed by atoms with Crippen LogP contribution in [0.5, 0.6) is 5.75 Å². The smallest absolute Gasteiger partial charge is 0.178 e. The number of aromatic nitrogens is 5. The number of H-pyrrole nitrogens is 1. The molecule has 1 N–H and O–H groups in total. The number of aromatic amines is 1. The number of rotatable bonds is 3. The molecule has 132 valence electrons. The molecule has 0 radical (unpaired) electrons. The van der Waals surface area contributed by atoms with E-state index in [4.69, 9.17) is 4.74 Å². The Labute approximate surface area is 150 Å². The van der Waals surface area contributed by atoms with Crippen molar-refractivity contribution in [2.75, 3.05) is 18.0 Å². The normalized spacial score (nSPS) is 15.8. The van der Waals surface area contributed by atoms with Crippen LogP contribution < -0.4 is 9.64 Å². The number of benzene rings is 1. The summed E-state index contributed by atoms with van der Waals surface area (Å²) in [5.41, 5.74) is 1.89. The van der Waals surface area contributed by atoms with Crippen molar-refractivity contribution in [1.29, 1.82) is 0 Å². The first kappa shape index (κ1) is 15.2. The number of aryl methyl sites for hydroxylation is 1. The van der Waals surface area contributed by atoms with Crippen LogP contribution in [0.25, 0.3) is 16.6 Å². The SMILES string of the molecule is Cc1nnc2ccc(N3CCC(Oc4cccc5[nH]ccc45)CC3)nn12. The maximum Gasteiger partial charge on any atom is 0.178 e. The van der Waals surface area contributed by atoms with Gasteiger partial charge in [0, 0.05) is 43.0 Å². The Morgan fingerprint density at radius 1 is 1.08 bits per heavy atom. The van der Waals surface area contributed by atoms with Crippen molar-refractivity contribution in [3.8, 4) is 5.75 Å². The van der Waals surface area contributed by atoms with E-state index in [0.717, 1.165) is 59.9 Å². The summed E-state index contributed by atoms with van der Waals surface area (Å²) in [4.78, 5) is 5.53. The first-order chi connectivity index (χ1) is 12.8. The maximum atomic E-state index is 6.30. The summed E-state index contributed by atoms with van der Waals surface area (Å²) >= 11 is 0. The van der Waals surface area contributed by atoms with E-state index in [1.54, 1.807) is 4.52 Å². The third-order valence-corrected chi connectivity index (χ3v) is 5.02. The van der Waals surface area contributed by atoms with Gasteiger partial charge in [-0.05, 0) is 37.3 Å². The predicted molar refractivity (Wildman–Crippen MR) is 99.7 cm³/mol. The van der Waals surface area contributed by atoms with Gasteiger partial charge in [-0.2, -0.15) is 4.52 Å². The zero-order chi connectivity index (χ0) is 17.5. The highest BCUT2D eigenvalue weighted by atomic mass is 16.5. The number of hydrogen-bond acceptors (Lipinski definition) is 5. The molecule has 1 saturated heterocycles. The molecule has 0 unspecified atom stereocenters. The molecule has 7 nitrogen and oxygen atoms in total. The van der Waals surface area contributed by atoms with Crippen LogP contribution in [0, 0.1) is 6.92 Å². The van der Waals surface area contributed by atoms with E-state index < -0.39 is 0 Å². The molecule has 5 rings (SSSR count). The fourth-order valence-corrected chi connectivity index (χ4v) is 3.60. The zero-order valence-electron chi connectivity index (χ0n) is 14.6. The number of ether oxygens (including phenoxy) is 1. The minimum atomic E-state index is 0.229. The molecule has 0 bridgehead atoms. The van der Waals surface area contributed by atoms with Crippen molar-refractivity contribution in [1.82, 2.24) is 24.8 Å². The van der Waals surface area contributed by atoms with Gasteiger partial charge in [0.2, 0.25) is 0 Å². The van der Waals surface area contributed by atoms with Gasteiger partial charge in [0.05, 0.1) is 0 Å². The third-order valence-electron chi connectivity index (χ3n) is 5.02. The number of nitrogens with zero attached hydrogens (tertiary/aromatic N) is 5. The van der Waals surface area contributed by atoms with Crippen LogP contribution in [0.1, 0.15) is 18.7 Å². The summed E-state index contributed by atoms with van der Waals surface area (Å²) < 4.78 is 8.09. The molecule has 4 aromatic rings. The minimum absolute atomic E-state index is 0.229. The van der Waals surface area contributed by atoms with Crippen molar-refractivity contribution < 1.29 is 4.74 Å². The summed E-state index contributed by atoms with van der Waals surface area (Å²) in [6.07, 6.45) is 4.13. The number of nitrogens with one attached hydrogen (secondary N) is 1. The molecule has 0 atom stereocenters.